The third kappa shape index (κ3) is 6.13. The van der Waals surface area contributed by atoms with Gasteiger partial charge in [0, 0.05) is 32.2 Å². The summed E-state index contributed by atoms with van der Waals surface area (Å²) >= 11 is 0.944. The summed E-state index contributed by atoms with van der Waals surface area (Å²) in [6.07, 6.45) is 0.543. The van der Waals surface area contributed by atoms with Crippen LogP contribution in [0.2, 0.25) is 0 Å². The molecule has 0 unspecified atom stereocenters. The lowest BCUT2D eigenvalue weighted by atomic mass is 10.3. The molecule has 0 spiro atoms. The van der Waals surface area contributed by atoms with Gasteiger partial charge >= 0.3 is 0 Å². The number of sulfone groups is 1. The molecule has 0 aliphatic carbocycles. The highest BCUT2D eigenvalue weighted by atomic mass is 32.2. The van der Waals surface area contributed by atoms with Gasteiger partial charge in [0.2, 0.25) is 5.91 Å². The van der Waals surface area contributed by atoms with Crippen LogP contribution >= 0.6 is 11.3 Å². The lowest BCUT2D eigenvalue weighted by molar-refractivity contribution is -0.116. The molecule has 8 nitrogen and oxygen atoms in total. The number of aromatic nitrogens is 1. The largest absolute Gasteiger partial charge is 0.497 e. The first-order chi connectivity index (χ1) is 16.8. The molecule has 1 aliphatic rings. The Kier molecular flexibility index (Phi) is 7.95. The Bertz CT molecular complexity index is 1290. The Morgan fingerprint density at radius 2 is 1.91 bits per heavy atom. The minimum absolute atomic E-state index is 0.0164. The average Bonchev–Trinajstić information content (AvgIpc) is 3.26. The average molecular weight is 526 g/mol. The number of carbonyl (C=O) groups excluding carboxylic acids is 1. The first-order valence-electron chi connectivity index (χ1n) is 11.0. The number of fused-ring (bicyclic) bond motifs is 1. The van der Waals surface area contributed by atoms with Crippen LogP contribution in [0.15, 0.2) is 41.3 Å². The number of ether oxygens (including phenoxy) is 2. The first kappa shape index (κ1) is 25.4. The maximum atomic E-state index is 14.3. The minimum atomic E-state index is -3.96. The number of carbonyl (C=O) groups is 1. The zero-order chi connectivity index (χ0) is 25.0. The van der Waals surface area contributed by atoms with E-state index in [1.807, 2.05) is 0 Å². The van der Waals surface area contributed by atoms with E-state index in [0.29, 0.717) is 31.9 Å². The Hall–Kier alpha value is -2.67. The van der Waals surface area contributed by atoms with Gasteiger partial charge in [-0.1, -0.05) is 11.3 Å². The second kappa shape index (κ2) is 10.9. The maximum Gasteiger partial charge on any atom is 0.244 e. The summed E-state index contributed by atoms with van der Waals surface area (Å²) in [5.74, 6) is -2.58. The van der Waals surface area contributed by atoms with Crippen molar-refractivity contribution in [1.82, 2.24) is 9.88 Å². The van der Waals surface area contributed by atoms with E-state index in [2.05, 4.69) is 9.88 Å². The molecule has 3 aromatic rings. The molecular formula is C23H25F2N3O5S2. The zero-order valence-electron chi connectivity index (χ0n) is 19.1. The summed E-state index contributed by atoms with van der Waals surface area (Å²) in [6, 6.07) is 7.62. The van der Waals surface area contributed by atoms with Crippen molar-refractivity contribution in [2.45, 2.75) is 11.3 Å². The number of hydrogen-bond donors (Lipinski definition) is 0. The highest BCUT2D eigenvalue weighted by Crippen LogP contribution is 2.32. The summed E-state index contributed by atoms with van der Waals surface area (Å²) in [4.78, 5) is 20.9. The summed E-state index contributed by atoms with van der Waals surface area (Å²) in [7, 11) is -2.49. The SMILES string of the molecule is COc1ccc(S(=O)(=O)CC(=O)N(CCCN2CCOCC2)c2nc3c(F)cc(F)cc3s2)cc1. The van der Waals surface area contributed by atoms with E-state index in [-0.39, 0.29) is 26.8 Å². The van der Waals surface area contributed by atoms with Crippen LogP contribution < -0.4 is 9.64 Å². The van der Waals surface area contributed by atoms with Crippen LogP contribution in [0.1, 0.15) is 6.42 Å². The minimum Gasteiger partial charge on any atom is -0.497 e. The number of methoxy groups -OCH3 is 1. The van der Waals surface area contributed by atoms with Gasteiger partial charge in [-0.15, -0.1) is 0 Å². The molecule has 0 radical (unpaired) electrons. The van der Waals surface area contributed by atoms with E-state index in [0.717, 1.165) is 36.6 Å². The molecule has 188 valence electrons. The Labute approximate surface area is 206 Å². The van der Waals surface area contributed by atoms with Gasteiger partial charge in [-0.25, -0.2) is 22.2 Å². The van der Waals surface area contributed by atoms with Crippen molar-refractivity contribution < 1.29 is 31.5 Å². The lowest BCUT2D eigenvalue weighted by Crippen LogP contribution is -2.40. The normalized spacial score (nSPS) is 14.8. The molecule has 0 saturated carbocycles. The predicted molar refractivity (Wildman–Crippen MR) is 129 cm³/mol. The number of nitrogens with zero attached hydrogens (tertiary/aromatic N) is 3. The Morgan fingerprint density at radius 3 is 2.60 bits per heavy atom. The van der Waals surface area contributed by atoms with E-state index in [1.54, 1.807) is 0 Å². The maximum absolute atomic E-state index is 14.3. The summed E-state index contributed by atoms with van der Waals surface area (Å²) in [5, 5.41) is 0.126. The van der Waals surface area contributed by atoms with E-state index in [9.17, 15) is 22.0 Å². The molecule has 2 heterocycles. The van der Waals surface area contributed by atoms with Crippen LogP contribution in [-0.4, -0.2) is 76.5 Å². The van der Waals surface area contributed by atoms with E-state index in [4.69, 9.17) is 9.47 Å². The molecular weight excluding hydrogens is 500 g/mol. The topological polar surface area (TPSA) is 89.0 Å². The third-order valence-electron chi connectivity index (χ3n) is 5.63. The van der Waals surface area contributed by atoms with Crippen molar-refractivity contribution in [3.63, 3.8) is 0 Å². The fourth-order valence-corrected chi connectivity index (χ4v) is 6.02. The Morgan fingerprint density at radius 1 is 1.20 bits per heavy atom. The standard InChI is InChI=1S/C23H25F2N3O5S2/c1-32-17-3-5-18(6-4-17)35(30,31)15-21(29)28(8-2-7-27-9-11-33-12-10-27)23-26-22-19(25)13-16(24)14-20(22)34-23/h3-6,13-14H,2,7-12,15H2,1H3. The predicted octanol–water partition coefficient (Wildman–Crippen LogP) is 3.11. The first-order valence-corrected chi connectivity index (χ1v) is 13.5. The second-order valence-corrected chi connectivity index (χ2v) is 11.0. The molecule has 0 N–H and O–H groups in total. The van der Waals surface area contributed by atoms with Crippen LogP contribution in [0.3, 0.4) is 0 Å². The van der Waals surface area contributed by atoms with Crippen LogP contribution in [0.4, 0.5) is 13.9 Å². The molecule has 1 aliphatic heterocycles. The number of amides is 1. The number of anilines is 1. The van der Waals surface area contributed by atoms with Crippen molar-refractivity contribution in [2.75, 3.05) is 57.2 Å². The van der Waals surface area contributed by atoms with Gasteiger partial charge in [-0.2, -0.15) is 0 Å². The van der Waals surface area contributed by atoms with Crippen molar-refractivity contribution in [2.24, 2.45) is 0 Å². The highest BCUT2D eigenvalue weighted by Gasteiger charge is 2.27. The number of thiazole rings is 1. The van der Waals surface area contributed by atoms with Gasteiger partial charge in [-0.05, 0) is 36.8 Å². The number of halogens is 2. The van der Waals surface area contributed by atoms with Gasteiger partial charge in [-0.3, -0.25) is 14.6 Å². The third-order valence-corrected chi connectivity index (χ3v) is 8.27. The molecule has 2 aromatic carbocycles. The van der Waals surface area contributed by atoms with E-state index in [1.165, 1.54) is 36.3 Å². The van der Waals surface area contributed by atoms with Crippen LogP contribution in [0.25, 0.3) is 10.2 Å². The molecule has 12 heteroatoms. The summed E-state index contributed by atoms with van der Waals surface area (Å²) < 4.78 is 64.4. The molecule has 35 heavy (non-hydrogen) atoms. The highest BCUT2D eigenvalue weighted by molar-refractivity contribution is 7.92. The zero-order valence-corrected chi connectivity index (χ0v) is 20.7. The van der Waals surface area contributed by atoms with Crippen LogP contribution in [0, 0.1) is 11.6 Å². The fraction of sp³-hybridized carbons (Fsp3) is 0.391. The van der Waals surface area contributed by atoms with Crippen molar-refractivity contribution in [3.8, 4) is 5.75 Å². The van der Waals surface area contributed by atoms with Crippen LogP contribution in [0.5, 0.6) is 5.75 Å². The Balaban J connectivity index is 1.57. The van der Waals surface area contributed by atoms with Gasteiger partial charge in [0.05, 0.1) is 29.9 Å². The molecule has 4 rings (SSSR count). The number of hydrogen-bond acceptors (Lipinski definition) is 8. The molecule has 1 fully saturated rings. The van der Waals surface area contributed by atoms with Gasteiger partial charge in [0.15, 0.2) is 20.8 Å². The number of morpholine rings is 1. The van der Waals surface area contributed by atoms with Gasteiger partial charge in [0.1, 0.15) is 22.8 Å². The van der Waals surface area contributed by atoms with Gasteiger partial charge in [0.25, 0.3) is 0 Å². The molecule has 1 aromatic heterocycles. The van der Waals surface area contributed by atoms with E-state index >= 15 is 0 Å². The number of benzene rings is 2. The van der Waals surface area contributed by atoms with Gasteiger partial charge < -0.3 is 9.47 Å². The molecule has 1 amide bonds. The van der Waals surface area contributed by atoms with Crippen molar-refractivity contribution in [1.29, 1.82) is 0 Å². The fourth-order valence-electron chi connectivity index (χ4n) is 3.77. The van der Waals surface area contributed by atoms with Crippen molar-refractivity contribution >= 4 is 42.4 Å². The van der Waals surface area contributed by atoms with Crippen LogP contribution in [-0.2, 0) is 19.4 Å². The van der Waals surface area contributed by atoms with Crippen molar-refractivity contribution in [3.05, 3.63) is 48.0 Å². The quantitative estimate of drug-likeness (QED) is 0.424. The van der Waals surface area contributed by atoms with E-state index < -0.39 is 33.1 Å². The monoisotopic (exact) mass is 525 g/mol. The number of rotatable bonds is 9. The molecule has 0 atom stereocenters. The molecule has 1 saturated heterocycles. The molecule has 0 bridgehead atoms. The summed E-state index contributed by atoms with van der Waals surface area (Å²) in [5.41, 5.74) is -0.0598. The second-order valence-electron chi connectivity index (χ2n) is 8.02. The lowest BCUT2D eigenvalue weighted by Gasteiger charge is -2.27. The smallest absolute Gasteiger partial charge is 0.244 e. The summed E-state index contributed by atoms with van der Waals surface area (Å²) in [6.45, 7) is 3.65.